The summed E-state index contributed by atoms with van der Waals surface area (Å²) in [4.78, 5) is 2.93. The summed E-state index contributed by atoms with van der Waals surface area (Å²) in [6.45, 7) is 0.178. The van der Waals surface area contributed by atoms with E-state index in [-0.39, 0.29) is 12.4 Å². The lowest BCUT2D eigenvalue weighted by atomic mass is 10.2. The summed E-state index contributed by atoms with van der Waals surface area (Å²) in [5.74, 6) is -0.00554. The second kappa shape index (κ2) is 5.36. The average Bonchev–Trinajstić information content (AvgIpc) is 2.87. The molecule has 0 unspecified atom stereocenters. The minimum absolute atomic E-state index is 0.178. The largest absolute Gasteiger partial charge is 0.489 e. The highest BCUT2D eigenvalue weighted by atomic mass is 19.4. The molecule has 1 N–H and O–H groups in total. The van der Waals surface area contributed by atoms with Gasteiger partial charge in [0.1, 0.15) is 18.2 Å². The number of hydrogen-bond donors (Lipinski definition) is 1. The Hall–Kier alpha value is -2.50. The summed E-state index contributed by atoms with van der Waals surface area (Å²) in [6, 6.07) is 8.84. The number of aromatic amines is 1. The van der Waals surface area contributed by atoms with Gasteiger partial charge in [-0.05, 0) is 42.5 Å². The maximum Gasteiger partial charge on any atom is 0.416 e. The van der Waals surface area contributed by atoms with Crippen LogP contribution in [0.4, 0.5) is 17.6 Å². The van der Waals surface area contributed by atoms with Crippen molar-refractivity contribution in [2.75, 3.05) is 0 Å². The number of rotatable bonds is 3. The van der Waals surface area contributed by atoms with Gasteiger partial charge in [0.2, 0.25) is 0 Å². The van der Waals surface area contributed by atoms with Gasteiger partial charge < -0.3 is 9.72 Å². The summed E-state index contributed by atoms with van der Waals surface area (Å²) in [7, 11) is 0. The predicted molar refractivity (Wildman–Crippen MR) is 74.0 cm³/mol. The third-order valence-electron chi connectivity index (χ3n) is 3.31. The monoisotopic (exact) mass is 309 g/mol. The lowest BCUT2D eigenvalue weighted by Gasteiger charge is -2.09. The molecule has 22 heavy (non-hydrogen) atoms. The fourth-order valence-electron chi connectivity index (χ4n) is 2.18. The molecular formula is C16H11F4NO. The van der Waals surface area contributed by atoms with Crippen molar-refractivity contribution in [3.8, 4) is 5.75 Å². The second-order valence-corrected chi connectivity index (χ2v) is 4.81. The molecule has 0 atom stereocenters. The maximum absolute atomic E-state index is 13.1. The molecule has 0 bridgehead atoms. The third-order valence-corrected chi connectivity index (χ3v) is 3.31. The zero-order chi connectivity index (χ0) is 15.7. The topological polar surface area (TPSA) is 25.0 Å². The molecule has 0 amide bonds. The maximum atomic E-state index is 13.1. The van der Waals surface area contributed by atoms with Crippen LogP contribution in [0.1, 0.15) is 11.1 Å². The minimum atomic E-state index is -4.36. The summed E-state index contributed by atoms with van der Waals surface area (Å²) < 4.78 is 55.9. The highest BCUT2D eigenvalue weighted by Gasteiger charge is 2.30. The molecule has 0 spiro atoms. The molecule has 1 aromatic heterocycles. The first-order chi connectivity index (χ1) is 10.4. The first kappa shape index (κ1) is 14.4. The lowest BCUT2D eigenvalue weighted by molar-refractivity contribution is -0.137. The molecule has 1 heterocycles. The van der Waals surface area contributed by atoms with E-state index in [1.807, 2.05) is 0 Å². The number of benzene rings is 2. The van der Waals surface area contributed by atoms with Crippen molar-refractivity contribution in [2.24, 2.45) is 0 Å². The normalized spacial score (nSPS) is 11.8. The molecule has 2 nitrogen and oxygen atoms in total. The van der Waals surface area contributed by atoms with Crippen molar-refractivity contribution < 1.29 is 22.3 Å². The highest BCUT2D eigenvalue weighted by molar-refractivity contribution is 5.83. The van der Waals surface area contributed by atoms with Crippen molar-refractivity contribution in [3.05, 3.63) is 65.6 Å². The molecular weight excluding hydrogens is 298 g/mol. The van der Waals surface area contributed by atoms with E-state index in [1.54, 1.807) is 12.3 Å². The Morgan fingerprint density at radius 3 is 2.41 bits per heavy atom. The number of aromatic nitrogens is 1. The Morgan fingerprint density at radius 2 is 1.73 bits per heavy atom. The van der Waals surface area contributed by atoms with E-state index in [2.05, 4.69) is 4.98 Å². The lowest BCUT2D eigenvalue weighted by Crippen LogP contribution is -2.04. The van der Waals surface area contributed by atoms with Gasteiger partial charge in [0.25, 0.3) is 0 Å². The van der Waals surface area contributed by atoms with Crippen LogP contribution in [0.5, 0.6) is 5.75 Å². The molecule has 0 radical (unpaired) electrons. The molecule has 0 aliphatic heterocycles. The van der Waals surface area contributed by atoms with Crippen molar-refractivity contribution in [3.63, 3.8) is 0 Å². The van der Waals surface area contributed by atoms with E-state index in [0.29, 0.717) is 11.3 Å². The molecule has 3 rings (SSSR count). The standard InChI is InChI=1S/C16H11F4NO/c17-12-3-6-14-10(8-21-15(14)7-12)9-22-13-4-1-11(2-5-13)16(18,19)20/h1-8,21H,9H2. The first-order valence-corrected chi connectivity index (χ1v) is 6.49. The average molecular weight is 309 g/mol. The van der Waals surface area contributed by atoms with E-state index < -0.39 is 11.7 Å². The van der Waals surface area contributed by atoms with E-state index in [9.17, 15) is 17.6 Å². The zero-order valence-electron chi connectivity index (χ0n) is 11.2. The zero-order valence-corrected chi connectivity index (χ0v) is 11.2. The fraction of sp³-hybridized carbons (Fsp3) is 0.125. The molecule has 0 aliphatic carbocycles. The predicted octanol–water partition coefficient (Wildman–Crippen LogP) is 4.90. The Bertz CT molecular complexity index is 790. The Balaban J connectivity index is 1.74. The molecule has 0 saturated heterocycles. The molecule has 6 heteroatoms. The van der Waals surface area contributed by atoms with E-state index >= 15 is 0 Å². The van der Waals surface area contributed by atoms with Crippen LogP contribution < -0.4 is 4.74 Å². The summed E-state index contributed by atoms with van der Waals surface area (Å²) in [5.41, 5.74) is 0.725. The van der Waals surface area contributed by atoms with Crippen LogP contribution in [-0.4, -0.2) is 4.98 Å². The van der Waals surface area contributed by atoms with Crippen molar-refractivity contribution in [2.45, 2.75) is 12.8 Å². The van der Waals surface area contributed by atoms with E-state index in [1.165, 1.54) is 24.3 Å². The van der Waals surface area contributed by atoms with Crippen LogP contribution in [0, 0.1) is 5.82 Å². The van der Waals surface area contributed by atoms with Crippen LogP contribution in [0.2, 0.25) is 0 Å². The van der Waals surface area contributed by atoms with Crippen LogP contribution in [-0.2, 0) is 12.8 Å². The second-order valence-electron chi connectivity index (χ2n) is 4.81. The molecule has 3 aromatic rings. The molecule has 114 valence electrons. The van der Waals surface area contributed by atoms with Gasteiger partial charge in [-0.3, -0.25) is 0 Å². The number of halogens is 4. The molecule has 0 fully saturated rings. The van der Waals surface area contributed by atoms with Gasteiger partial charge in [-0.15, -0.1) is 0 Å². The van der Waals surface area contributed by atoms with E-state index in [4.69, 9.17) is 4.74 Å². The first-order valence-electron chi connectivity index (χ1n) is 6.49. The number of H-pyrrole nitrogens is 1. The van der Waals surface area contributed by atoms with Gasteiger partial charge in [0.05, 0.1) is 5.56 Å². The number of fused-ring (bicyclic) bond motifs is 1. The third kappa shape index (κ3) is 2.90. The SMILES string of the molecule is Fc1ccc2c(COc3ccc(C(F)(F)F)cc3)c[nH]c2c1. The van der Waals surface area contributed by atoms with Gasteiger partial charge in [-0.25, -0.2) is 4.39 Å². The van der Waals surface area contributed by atoms with Crippen LogP contribution >= 0.6 is 0 Å². The summed E-state index contributed by atoms with van der Waals surface area (Å²) in [6.07, 6.45) is -2.67. The molecule has 0 saturated carbocycles. The van der Waals surface area contributed by atoms with Gasteiger partial charge in [0.15, 0.2) is 0 Å². The van der Waals surface area contributed by atoms with E-state index in [0.717, 1.165) is 23.1 Å². The number of alkyl halides is 3. The fourth-order valence-corrected chi connectivity index (χ4v) is 2.18. The Morgan fingerprint density at radius 1 is 1.00 bits per heavy atom. The van der Waals surface area contributed by atoms with Gasteiger partial charge in [-0.1, -0.05) is 0 Å². The van der Waals surface area contributed by atoms with Gasteiger partial charge in [-0.2, -0.15) is 13.2 Å². The van der Waals surface area contributed by atoms with Crippen LogP contribution in [0.15, 0.2) is 48.7 Å². The smallest absolute Gasteiger partial charge is 0.416 e. The number of nitrogens with one attached hydrogen (secondary N) is 1. The van der Waals surface area contributed by atoms with Gasteiger partial charge in [0, 0.05) is 22.7 Å². The number of ether oxygens (including phenoxy) is 1. The number of hydrogen-bond acceptors (Lipinski definition) is 1. The van der Waals surface area contributed by atoms with Crippen molar-refractivity contribution in [1.29, 1.82) is 0 Å². The molecule has 2 aromatic carbocycles. The van der Waals surface area contributed by atoms with Crippen LogP contribution in [0.25, 0.3) is 10.9 Å². The molecule has 0 aliphatic rings. The highest BCUT2D eigenvalue weighted by Crippen LogP contribution is 2.30. The Labute approximate surface area is 123 Å². The quantitative estimate of drug-likeness (QED) is 0.684. The summed E-state index contributed by atoms with van der Waals surface area (Å²) in [5, 5.41) is 0.813. The minimum Gasteiger partial charge on any atom is -0.489 e. The van der Waals surface area contributed by atoms with Crippen molar-refractivity contribution >= 4 is 10.9 Å². The summed E-state index contributed by atoms with van der Waals surface area (Å²) >= 11 is 0. The van der Waals surface area contributed by atoms with Crippen LogP contribution in [0.3, 0.4) is 0 Å². The van der Waals surface area contributed by atoms with Crippen molar-refractivity contribution in [1.82, 2.24) is 4.98 Å². The van der Waals surface area contributed by atoms with Gasteiger partial charge >= 0.3 is 6.18 Å². The Kier molecular flexibility index (Phi) is 3.52.